The third-order valence-corrected chi connectivity index (χ3v) is 4.07. The zero-order chi connectivity index (χ0) is 13.3. The van der Waals surface area contributed by atoms with Crippen molar-refractivity contribution in [2.75, 3.05) is 13.1 Å². The predicted molar refractivity (Wildman–Crippen MR) is 74.6 cm³/mol. The molecule has 1 fully saturated rings. The molecule has 0 atom stereocenters. The number of hydrogen-bond donors (Lipinski definition) is 0. The fourth-order valence-electron chi connectivity index (χ4n) is 2.47. The summed E-state index contributed by atoms with van der Waals surface area (Å²) in [7, 11) is 0. The van der Waals surface area contributed by atoms with Gasteiger partial charge in [-0.15, -0.1) is 0 Å². The number of nitrogens with zero attached hydrogens (tertiary/aromatic N) is 1. The Hall–Kier alpha value is -1.15. The van der Waals surface area contributed by atoms with Crippen LogP contribution < -0.4 is 0 Å². The van der Waals surface area contributed by atoms with E-state index in [1.54, 1.807) is 0 Å². The van der Waals surface area contributed by atoms with Crippen molar-refractivity contribution in [2.24, 2.45) is 5.41 Å². The van der Waals surface area contributed by atoms with Crippen LogP contribution in [-0.2, 0) is 11.3 Å². The van der Waals surface area contributed by atoms with E-state index in [1.165, 1.54) is 16.7 Å². The van der Waals surface area contributed by atoms with Crippen LogP contribution in [0.25, 0.3) is 0 Å². The lowest BCUT2D eigenvalue weighted by Crippen LogP contribution is -2.44. The third-order valence-electron chi connectivity index (χ3n) is 4.07. The number of likely N-dealkylation sites (tertiary alicyclic amines) is 1. The molecule has 2 heteroatoms. The van der Waals surface area contributed by atoms with Gasteiger partial charge in [0.1, 0.15) is 0 Å². The van der Waals surface area contributed by atoms with Crippen molar-refractivity contribution in [2.45, 2.75) is 40.7 Å². The Morgan fingerprint density at radius 3 is 2.61 bits per heavy atom. The quantitative estimate of drug-likeness (QED) is 0.798. The summed E-state index contributed by atoms with van der Waals surface area (Å²) in [4.78, 5) is 14.3. The molecule has 1 heterocycles. The lowest BCUT2D eigenvalue weighted by atomic mass is 9.81. The van der Waals surface area contributed by atoms with Gasteiger partial charge in [0.2, 0.25) is 0 Å². The van der Waals surface area contributed by atoms with Gasteiger partial charge in [-0.25, -0.2) is 0 Å². The van der Waals surface area contributed by atoms with Gasteiger partial charge in [0.25, 0.3) is 0 Å². The molecule has 0 unspecified atom stereocenters. The topological polar surface area (TPSA) is 20.3 Å². The highest BCUT2D eigenvalue weighted by Crippen LogP contribution is 2.27. The van der Waals surface area contributed by atoms with E-state index in [-0.39, 0.29) is 5.41 Å². The van der Waals surface area contributed by atoms with Gasteiger partial charge in [0.05, 0.1) is 6.54 Å². The molecule has 0 saturated carbocycles. The van der Waals surface area contributed by atoms with Crippen molar-refractivity contribution in [3.8, 4) is 0 Å². The maximum Gasteiger partial charge on any atom is 0.152 e. The van der Waals surface area contributed by atoms with Crippen LogP contribution >= 0.6 is 0 Å². The van der Waals surface area contributed by atoms with E-state index in [0.29, 0.717) is 12.3 Å². The Morgan fingerprint density at radius 1 is 1.28 bits per heavy atom. The third kappa shape index (κ3) is 2.81. The molecule has 0 aliphatic carbocycles. The molecule has 1 aliphatic rings. The Morgan fingerprint density at radius 2 is 2.00 bits per heavy atom. The molecule has 2 nitrogen and oxygen atoms in total. The average Bonchev–Trinajstić information content (AvgIpc) is 2.28. The SMILES string of the molecule is Cc1ccc(CN2CCC(C)(C)C(=O)C2)c(C)c1. The summed E-state index contributed by atoms with van der Waals surface area (Å²) < 4.78 is 0. The van der Waals surface area contributed by atoms with E-state index >= 15 is 0 Å². The summed E-state index contributed by atoms with van der Waals surface area (Å²) >= 11 is 0. The van der Waals surface area contributed by atoms with E-state index in [9.17, 15) is 4.79 Å². The Bertz CT molecular complexity index is 462. The van der Waals surface area contributed by atoms with Crippen molar-refractivity contribution in [3.63, 3.8) is 0 Å². The second kappa shape index (κ2) is 4.85. The molecule has 0 bridgehead atoms. The minimum absolute atomic E-state index is 0.126. The summed E-state index contributed by atoms with van der Waals surface area (Å²) in [6, 6.07) is 6.55. The second-order valence-corrected chi connectivity index (χ2v) is 6.20. The number of Topliss-reactive ketones (excluding diaryl/α,β-unsaturated/α-hetero) is 1. The monoisotopic (exact) mass is 245 g/mol. The zero-order valence-electron chi connectivity index (χ0n) is 11.9. The standard InChI is InChI=1S/C16H23NO/c1-12-5-6-14(13(2)9-12)10-17-8-7-16(3,4)15(18)11-17/h5-6,9H,7-8,10-11H2,1-4H3. The minimum atomic E-state index is -0.126. The first-order chi connectivity index (χ1) is 8.38. The Kier molecular flexibility index (Phi) is 3.58. The highest BCUT2D eigenvalue weighted by molar-refractivity contribution is 5.86. The first-order valence-electron chi connectivity index (χ1n) is 6.70. The summed E-state index contributed by atoms with van der Waals surface area (Å²) in [5, 5.41) is 0. The zero-order valence-corrected chi connectivity index (χ0v) is 11.9. The maximum atomic E-state index is 12.0. The van der Waals surface area contributed by atoms with Crippen molar-refractivity contribution < 1.29 is 4.79 Å². The van der Waals surface area contributed by atoms with Crippen LogP contribution in [0.2, 0.25) is 0 Å². The first kappa shape index (κ1) is 13.3. The molecule has 1 aromatic carbocycles. The number of benzene rings is 1. The summed E-state index contributed by atoms with van der Waals surface area (Å²) in [5.41, 5.74) is 3.84. The number of carbonyl (C=O) groups excluding carboxylic acids is 1. The van der Waals surface area contributed by atoms with E-state index < -0.39 is 0 Å². The molecule has 18 heavy (non-hydrogen) atoms. The van der Waals surface area contributed by atoms with Gasteiger partial charge < -0.3 is 0 Å². The van der Waals surface area contributed by atoms with Gasteiger partial charge in [-0.05, 0) is 37.9 Å². The maximum absolute atomic E-state index is 12.0. The smallest absolute Gasteiger partial charge is 0.152 e. The van der Waals surface area contributed by atoms with Crippen LogP contribution in [0.15, 0.2) is 18.2 Å². The molecule has 0 spiro atoms. The fraction of sp³-hybridized carbons (Fsp3) is 0.562. The van der Waals surface area contributed by atoms with Crippen LogP contribution in [0.4, 0.5) is 0 Å². The molecule has 2 rings (SSSR count). The normalized spacial score (nSPS) is 20.1. The molecular weight excluding hydrogens is 222 g/mol. The van der Waals surface area contributed by atoms with Crippen molar-refractivity contribution in [3.05, 3.63) is 34.9 Å². The van der Waals surface area contributed by atoms with Gasteiger partial charge >= 0.3 is 0 Å². The van der Waals surface area contributed by atoms with Crippen LogP contribution in [0.3, 0.4) is 0 Å². The number of ketones is 1. The van der Waals surface area contributed by atoms with Crippen LogP contribution in [0.5, 0.6) is 0 Å². The average molecular weight is 245 g/mol. The van der Waals surface area contributed by atoms with E-state index in [0.717, 1.165) is 19.5 Å². The van der Waals surface area contributed by atoms with Crippen molar-refractivity contribution in [1.29, 1.82) is 0 Å². The van der Waals surface area contributed by atoms with Crippen molar-refractivity contribution >= 4 is 5.78 Å². The minimum Gasteiger partial charge on any atom is -0.298 e. The largest absolute Gasteiger partial charge is 0.298 e. The molecule has 0 radical (unpaired) electrons. The van der Waals surface area contributed by atoms with E-state index in [4.69, 9.17) is 0 Å². The van der Waals surface area contributed by atoms with Gasteiger partial charge in [0, 0.05) is 12.0 Å². The summed E-state index contributed by atoms with van der Waals surface area (Å²) in [5.74, 6) is 0.374. The summed E-state index contributed by atoms with van der Waals surface area (Å²) in [6.07, 6.45) is 0.969. The number of hydrogen-bond acceptors (Lipinski definition) is 2. The molecule has 0 N–H and O–H groups in total. The van der Waals surface area contributed by atoms with E-state index in [2.05, 4.69) is 50.8 Å². The van der Waals surface area contributed by atoms with Crippen LogP contribution in [0.1, 0.15) is 37.0 Å². The second-order valence-electron chi connectivity index (χ2n) is 6.20. The van der Waals surface area contributed by atoms with Gasteiger partial charge in [-0.2, -0.15) is 0 Å². The predicted octanol–water partition coefficient (Wildman–Crippen LogP) is 3.10. The molecule has 98 valence electrons. The molecule has 1 saturated heterocycles. The molecule has 0 aromatic heterocycles. The van der Waals surface area contributed by atoms with Gasteiger partial charge in [-0.1, -0.05) is 37.6 Å². The van der Waals surface area contributed by atoms with Crippen LogP contribution in [0, 0.1) is 19.3 Å². The number of piperidine rings is 1. The molecule has 1 aromatic rings. The number of rotatable bonds is 2. The Labute approximate surface area is 110 Å². The highest BCUT2D eigenvalue weighted by Gasteiger charge is 2.33. The molecule has 0 amide bonds. The lowest BCUT2D eigenvalue weighted by Gasteiger charge is -2.35. The van der Waals surface area contributed by atoms with Gasteiger partial charge in [0.15, 0.2) is 5.78 Å². The highest BCUT2D eigenvalue weighted by atomic mass is 16.1. The molecular formula is C16H23NO. The Balaban J connectivity index is 2.05. The van der Waals surface area contributed by atoms with Gasteiger partial charge in [-0.3, -0.25) is 9.69 Å². The number of carbonyl (C=O) groups is 1. The fourth-order valence-corrected chi connectivity index (χ4v) is 2.47. The van der Waals surface area contributed by atoms with Crippen molar-refractivity contribution in [1.82, 2.24) is 4.90 Å². The number of aryl methyl sites for hydroxylation is 2. The summed E-state index contributed by atoms with van der Waals surface area (Å²) in [6.45, 7) is 10.9. The molecule has 1 aliphatic heterocycles. The lowest BCUT2D eigenvalue weighted by molar-refractivity contribution is -0.132. The van der Waals surface area contributed by atoms with Crippen LogP contribution in [-0.4, -0.2) is 23.8 Å². The van der Waals surface area contributed by atoms with E-state index in [1.807, 2.05) is 0 Å². The first-order valence-corrected chi connectivity index (χ1v) is 6.70.